The molecule has 0 aromatic heterocycles. The van der Waals surface area contributed by atoms with Gasteiger partial charge in [-0.15, -0.1) is 0 Å². The van der Waals surface area contributed by atoms with Crippen molar-refractivity contribution >= 4 is 0 Å². The highest BCUT2D eigenvalue weighted by molar-refractivity contribution is 5.34. The molecule has 0 saturated carbocycles. The van der Waals surface area contributed by atoms with Crippen LogP contribution < -0.4 is 9.47 Å². The maximum Gasteiger partial charge on any atom is 0.422 e. The molecular weight excluding hydrogens is 446 g/mol. The van der Waals surface area contributed by atoms with E-state index >= 15 is 0 Å². The van der Waals surface area contributed by atoms with Crippen LogP contribution in [0.5, 0.6) is 17.2 Å². The minimum absolute atomic E-state index is 0.00183. The van der Waals surface area contributed by atoms with E-state index in [1.807, 2.05) is 18.2 Å². The van der Waals surface area contributed by atoms with Crippen LogP contribution in [0.4, 0.5) is 26.3 Å². The van der Waals surface area contributed by atoms with Gasteiger partial charge < -0.3 is 9.47 Å². The van der Waals surface area contributed by atoms with Crippen molar-refractivity contribution in [2.75, 3.05) is 6.61 Å². The minimum Gasteiger partial charge on any atom is -0.484 e. The number of rotatable bonds is 10. The summed E-state index contributed by atoms with van der Waals surface area (Å²) in [6, 6.07) is 20.7. The average molecular weight is 468 g/mol. The van der Waals surface area contributed by atoms with Gasteiger partial charge in [-0.3, -0.25) is 0 Å². The van der Waals surface area contributed by atoms with Crippen LogP contribution in [-0.2, 0) is 6.42 Å². The summed E-state index contributed by atoms with van der Waals surface area (Å²) in [5.41, 5.74) is 0.730. The Morgan fingerprint density at radius 1 is 0.727 bits per heavy atom. The van der Waals surface area contributed by atoms with Gasteiger partial charge in [-0.1, -0.05) is 42.5 Å². The Labute approximate surface area is 187 Å². The second-order valence-electron chi connectivity index (χ2n) is 7.45. The highest BCUT2D eigenvalue weighted by atomic mass is 19.4. The predicted octanol–water partition coefficient (Wildman–Crippen LogP) is 7.74. The predicted molar refractivity (Wildman–Crippen MR) is 113 cm³/mol. The lowest BCUT2D eigenvalue weighted by molar-refractivity contribution is -0.153. The van der Waals surface area contributed by atoms with Gasteiger partial charge in [-0.25, -0.2) is 13.2 Å². The Morgan fingerprint density at radius 2 is 1.39 bits per heavy atom. The van der Waals surface area contributed by atoms with Crippen molar-refractivity contribution in [1.29, 1.82) is 0 Å². The summed E-state index contributed by atoms with van der Waals surface area (Å²) >= 11 is 0. The molecule has 8 heteroatoms. The summed E-state index contributed by atoms with van der Waals surface area (Å²) < 4.78 is 89.1. The van der Waals surface area contributed by atoms with E-state index in [2.05, 4.69) is 4.74 Å². The molecule has 3 aromatic carbocycles. The monoisotopic (exact) mass is 468 g/mol. The van der Waals surface area contributed by atoms with Crippen LogP contribution >= 0.6 is 0 Å². The van der Waals surface area contributed by atoms with Gasteiger partial charge in [0.1, 0.15) is 23.4 Å². The van der Waals surface area contributed by atoms with E-state index in [-0.39, 0.29) is 24.2 Å². The van der Waals surface area contributed by atoms with Gasteiger partial charge in [0, 0.05) is 0 Å². The third-order valence-electron chi connectivity index (χ3n) is 4.91. The Morgan fingerprint density at radius 3 is 2.03 bits per heavy atom. The Hall–Kier alpha value is -3.16. The number of aryl methyl sites for hydroxylation is 1. The fourth-order valence-corrected chi connectivity index (χ4v) is 3.34. The lowest BCUT2D eigenvalue weighted by Crippen LogP contribution is -2.22. The summed E-state index contributed by atoms with van der Waals surface area (Å²) in [6.07, 6.45) is -9.29. The normalized spacial score (nSPS) is 13.5. The van der Waals surface area contributed by atoms with E-state index in [9.17, 15) is 26.3 Å². The topological polar surface area (TPSA) is 18.5 Å². The third-order valence-corrected chi connectivity index (χ3v) is 4.91. The molecule has 0 heterocycles. The molecule has 2 nitrogen and oxygen atoms in total. The molecule has 0 aliphatic heterocycles. The molecule has 0 aliphatic carbocycles. The molecule has 176 valence electrons. The van der Waals surface area contributed by atoms with Gasteiger partial charge in [-0.2, -0.15) is 13.2 Å². The van der Waals surface area contributed by atoms with Gasteiger partial charge in [0.25, 0.3) is 0 Å². The summed E-state index contributed by atoms with van der Waals surface area (Å²) in [4.78, 5) is 0. The van der Waals surface area contributed by atoms with E-state index in [0.29, 0.717) is 11.5 Å². The van der Waals surface area contributed by atoms with E-state index in [1.165, 1.54) is 12.1 Å². The minimum atomic E-state index is -4.52. The van der Waals surface area contributed by atoms with E-state index in [0.717, 1.165) is 17.7 Å². The van der Waals surface area contributed by atoms with Crippen LogP contribution in [-0.4, -0.2) is 25.4 Å². The van der Waals surface area contributed by atoms with Gasteiger partial charge >= 0.3 is 6.18 Å². The van der Waals surface area contributed by atoms with Crippen LogP contribution in [0.15, 0.2) is 78.9 Å². The molecule has 0 saturated heterocycles. The molecule has 2 atom stereocenters. The number of hydrogen-bond acceptors (Lipinski definition) is 2. The van der Waals surface area contributed by atoms with Gasteiger partial charge in [0.05, 0.1) is 5.92 Å². The largest absolute Gasteiger partial charge is 0.484 e. The zero-order valence-electron chi connectivity index (χ0n) is 17.4. The van der Waals surface area contributed by atoms with Crippen molar-refractivity contribution in [3.8, 4) is 17.2 Å². The van der Waals surface area contributed by atoms with Crippen molar-refractivity contribution < 1.29 is 35.8 Å². The first-order valence-electron chi connectivity index (χ1n) is 10.2. The number of hydrogen-bond donors (Lipinski definition) is 0. The highest BCUT2D eigenvalue weighted by Gasteiger charge is 2.32. The first-order chi connectivity index (χ1) is 15.7. The van der Waals surface area contributed by atoms with Crippen molar-refractivity contribution in [1.82, 2.24) is 0 Å². The van der Waals surface area contributed by atoms with Crippen LogP contribution in [0, 0.1) is 0 Å². The van der Waals surface area contributed by atoms with Crippen molar-refractivity contribution in [3.63, 3.8) is 0 Å². The molecule has 0 aliphatic rings. The van der Waals surface area contributed by atoms with E-state index < -0.39 is 31.3 Å². The number of halogens is 6. The Kier molecular flexibility index (Phi) is 8.25. The van der Waals surface area contributed by atoms with Crippen LogP contribution in [0.2, 0.25) is 0 Å². The molecule has 2 unspecified atom stereocenters. The lowest BCUT2D eigenvalue weighted by atomic mass is 9.91. The maximum atomic E-state index is 14.9. The maximum absolute atomic E-state index is 14.9. The fraction of sp³-hybridized carbons (Fsp3) is 0.280. The molecule has 0 amide bonds. The Bertz CT molecular complexity index is 990. The molecule has 0 bridgehead atoms. The average Bonchev–Trinajstić information content (AvgIpc) is 2.77. The molecule has 0 fully saturated rings. The first kappa shape index (κ1) is 24.5. The summed E-state index contributed by atoms with van der Waals surface area (Å²) in [5, 5.41) is 0. The number of alkyl halides is 6. The fourth-order valence-electron chi connectivity index (χ4n) is 3.34. The lowest BCUT2D eigenvalue weighted by Gasteiger charge is -2.21. The zero-order chi connectivity index (χ0) is 23.8. The van der Waals surface area contributed by atoms with Crippen molar-refractivity contribution in [2.24, 2.45) is 0 Å². The SMILES string of the molecule is FC(F)C(c1ccc(OCC(F)(F)F)cc1)C(F)CCc1cccc(Oc2ccccc2)c1. The van der Waals surface area contributed by atoms with Crippen LogP contribution in [0.3, 0.4) is 0 Å². The molecular formula is C25H22F6O2. The number of para-hydroxylation sites is 1. The quantitative estimate of drug-likeness (QED) is 0.283. The molecule has 0 N–H and O–H groups in total. The highest BCUT2D eigenvalue weighted by Crippen LogP contribution is 2.33. The third kappa shape index (κ3) is 7.73. The van der Waals surface area contributed by atoms with E-state index in [1.54, 1.807) is 36.4 Å². The second kappa shape index (κ2) is 11.1. The van der Waals surface area contributed by atoms with Crippen molar-refractivity contribution in [3.05, 3.63) is 90.0 Å². The second-order valence-corrected chi connectivity index (χ2v) is 7.45. The number of benzene rings is 3. The summed E-state index contributed by atoms with van der Waals surface area (Å²) in [6.45, 7) is -1.50. The summed E-state index contributed by atoms with van der Waals surface area (Å²) in [7, 11) is 0. The smallest absolute Gasteiger partial charge is 0.422 e. The molecule has 0 radical (unpaired) electrons. The summed E-state index contributed by atoms with van der Waals surface area (Å²) in [5.74, 6) is -0.646. The molecule has 33 heavy (non-hydrogen) atoms. The standard InChI is InChI=1S/C25H22F6O2/c26-22(14-9-17-5-4-8-21(15-17)33-20-6-2-1-3-7-20)23(24(27)28)18-10-12-19(13-11-18)32-16-25(29,30)31/h1-8,10-13,15,22-24H,9,14,16H2. The Balaban J connectivity index is 1.61. The zero-order valence-corrected chi connectivity index (χ0v) is 17.4. The van der Waals surface area contributed by atoms with Crippen LogP contribution in [0.25, 0.3) is 0 Å². The molecule has 3 rings (SSSR count). The number of ether oxygens (including phenoxy) is 2. The van der Waals surface area contributed by atoms with E-state index in [4.69, 9.17) is 4.74 Å². The van der Waals surface area contributed by atoms with Gasteiger partial charge in [-0.05, 0) is 60.4 Å². The molecule has 3 aromatic rings. The first-order valence-corrected chi connectivity index (χ1v) is 10.2. The van der Waals surface area contributed by atoms with Crippen LogP contribution in [0.1, 0.15) is 23.5 Å². The molecule has 0 spiro atoms. The van der Waals surface area contributed by atoms with Gasteiger partial charge in [0.15, 0.2) is 6.61 Å². The van der Waals surface area contributed by atoms with Gasteiger partial charge in [0.2, 0.25) is 6.43 Å². The van der Waals surface area contributed by atoms with Crippen molar-refractivity contribution in [2.45, 2.75) is 37.5 Å².